The first-order chi connectivity index (χ1) is 23.8. The standard InChI is InChI=1S/C34H42O8S7/c1-3-31(35)41-27(23-43-15-13-33-45-17-18-46-33)21-39-25-5-9-29(10-6-25)49(37,38)30-11-7-26(8-12-30)40-22-28(42-32(36)4-2)24-44-16-14-34-47-19-20-48-34/h3-12,27-28,33-34H,1-2,13-24H2. The molecule has 2 aliphatic heterocycles. The van der Waals surface area contributed by atoms with Gasteiger partial charge in [-0.1, -0.05) is 13.2 Å². The van der Waals surface area contributed by atoms with Gasteiger partial charge < -0.3 is 18.9 Å². The van der Waals surface area contributed by atoms with Crippen molar-refractivity contribution in [2.24, 2.45) is 0 Å². The lowest BCUT2D eigenvalue weighted by molar-refractivity contribution is -0.144. The number of ether oxygens (including phenoxy) is 4. The molecule has 0 saturated carbocycles. The zero-order valence-electron chi connectivity index (χ0n) is 27.1. The van der Waals surface area contributed by atoms with E-state index in [0.29, 0.717) is 32.2 Å². The van der Waals surface area contributed by atoms with Gasteiger partial charge in [0.15, 0.2) is 0 Å². The number of benzene rings is 2. The van der Waals surface area contributed by atoms with Crippen molar-refractivity contribution >= 4 is 92.3 Å². The van der Waals surface area contributed by atoms with Gasteiger partial charge in [-0.05, 0) is 72.9 Å². The summed E-state index contributed by atoms with van der Waals surface area (Å²) in [6.45, 7) is 7.24. The topological polar surface area (TPSA) is 105 Å². The number of hydrogen-bond donors (Lipinski definition) is 0. The number of esters is 2. The lowest BCUT2D eigenvalue weighted by Gasteiger charge is -2.18. The van der Waals surface area contributed by atoms with Gasteiger partial charge >= 0.3 is 11.9 Å². The molecule has 2 aromatic rings. The molecule has 0 N–H and O–H groups in total. The monoisotopic (exact) mass is 802 g/mol. The van der Waals surface area contributed by atoms with Gasteiger partial charge in [0.05, 0.1) is 19.0 Å². The van der Waals surface area contributed by atoms with Gasteiger partial charge in [-0.2, -0.15) is 23.5 Å². The minimum atomic E-state index is -3.80. The summed E-state index contributed by atoms with van der Waals surface area (Å²) in [5.41, 5.74) is 0. The Labute approximate surface area is 315 Å². The van der Waals surface area contributed by atoms with Crippen molar-refractivity contribution < 1.29 is 37.0 Å². The smallest absolute Gasteiger partial charge is 0.330 e. The molecule has 0 bridgehead atoms. The molecule has 49 heavy (non-hydrogen) atoms. The van der Waals surface area contributed by atoms with Crippen LogP contribution in [0.2, 0.25) is 0 Å². The molecule has 2 aliphatic rings. The largest absolute Gasteiger partial charge is 0.490 e. The highest BCUT2D eigenvalue weighted by Gasteiger charge is 2.21. The van der Waals surface area contributed by atoms with Crippen LogP contribution in [0.3, 0.4) is 0 Å². The molecule has 15 heteroatoms. The Kier molecular flexibility index (Phi) is 17.9. The molecule has 2 heterocycles. The Balaban J connectivity index is 1.26. The Hall–Kier alpha value is -1.49. The van der Waals surface area contributed by atoms with Gasteiger partial charge in [0.25, 0.3) is 0 Å². The first kappa shape index (κ1) is 40.3. The second-order valence-electron chi connectivity index (χ2n) is 10.7. The normalized spacial score (nSPS) is 16.5. The van der Waals surface area contributed by atoms with Gasteiger partial charge in [-0.25, -0.2) is 18.0 Å². The van der Waals surface area contributed by atoms with Crippen molar-refractivity contribution in [1.29, 1.82) is 0 Å². The number of thioether (sulfide) groups is 6. The van der Waals surface area contributed by atoms with E-state index in [9.17, 15) is 18.0 Å². The predicted octanol–water partition coefficient (Wildman–Crippen LogP) is 7.33. The van der Waals surface area contributed by atoms with Crippen LogP contribution in [-0.2, 0) is 28.9 Å². The second-order valence-corrected chi connectivity index (χ2v) is 20.8. The van der Waals surface area contributed by atoms with Crippen LogP contribution in [0, 0.1) is 0 Å². The van der Waals surface area contributed by atoms with Crippen molar-refractivity contribution in [2.45, 2.75) is 44.0 Å². The number of sulfone groups is 1. The van der Waals surface area contributed by atoms with Crippen LogP contribution in [0.4, 0.5) is 0 Å². The van der Waals surface area contributed by atoms with Crippen LogP contribution in [0.25, 0.3) is 0 Å². The average Bonchev–Trinajstić information content (AvgIpc) is 3.85. The Morgan fingerprint density at radius 1 is 0.694 bits per heavy atom. The molecular weight excluding hydrogens is 761 g/mol. The van der Waals surface area contributed by atoms with E-state index in [1.54, 1.807) is 47.8 Å². The van der Waals surface area contributed by atoms with E-state index in [1.807, 2.05) is 47.0 Å². The highest BCUT2D eigenvalue weighted by atomic mass is 32.2. The molecule has 2 saturated heterocycles. The van der Waals surface area contributed by atoms with Crippen molar-refractivity contribution in [1.82, 2.24) is 0 Å². The van der Waals surface area contributed by atoms with Gasteiger partial charge in [0, 0.05) is 46.7 Å². The van der Waals surface area contributed by atoms with Crippen molar-refractivity contribution in [3.63, 3.8) is 0 Å². The highest BCUT2D eigenvalue weighted by molar-refractivity contribution is 8.20. The van der Waals surface area contributed by atoms with Gasteiger partial charge in [-0.3, -0.25) is 0 Å². The Morgan fingerprint density at radius 3 is 1.41 bits per heavy atom. The van der Waals surface area contributed by atoms with E-state index in [1.165, 1.54) is 47.3 Å². The van der Waals surface area contributed by atoms with E-state index in [4.69, 9.17) is 18.9 Å². The maximum Gasteiger partial charge on any atom is 0.330 e. The van der Waals surface area contributed by atoms with E-state index in [2.05, 4.69) is 13.2 Å². The summed E-state index contributed by atoms with van der Waals surface area (Å²) in [5, 5.41) is 0. The summed E-state index contributed by atoms with van der Waals surface area (Å²) in [6.07, 6.45) is 3.54. The predicted molar refractivity (Wildman–Crippen MR) is 211 cm³/mol. The maximum absolute atomic E-state index is 13.4. The average molecular weight is 803 g/mol. The van der Waals surface area contributed by atoms with Crippen LogP contribution < -0.4 is 9.47 Å². The van der Waals surface area contributed by atoms with Crippen LogP contribution >= 0.6 is 70.6 Å². The Bertz CT molecular complexity index is 1340. The lowest BCUT2D eigenvalue weighted by atomic mass is 10.3. The lowest BCUT2D eigenvalue weighted by Crippen LogP contribution is -2.27. The minimum Gasteiger partial charge on any atom is -0.490 e. The summed E-state index contributed by atoms with van der Waals surface area (Å²) in [7, 11) is -3.80. The summed E-state index contributed by atoms with van der Waals surface area (Å²) in [5.74, 6) is 7.83. The summed E-state index contributed by atoms with van der Waals surface area (Å²) in [4.78, 5) is 24.0. The van der Waals surface area contributed by atoms with E-state index >= 15 is 0 Å². The van der Waals surface area contributed by atoms with Crippen molar-refractivity contribution in [3.8, 4) is 11.5 Å². The third kappa shape index (κ3) is 14.2. The molecule has 0 radical (unpaired) electrons. The quantitative estimate of drug-likeness (QED) is 0.0674. The molecule has 2 fully saturated rings. The number of carbonyl (C=O) groups excluding carboxylic acids is 2. The molecule has 8 nitrogen and oxygen atoms in total. The summed E-state index contributed by atoms with van der Waals surface area (Å²) >= 11 is 11.4. The SMILES string of the molecule is C=CC(=O)OC(COc1ccc(S(=O)(=O)c2ccc(OCC(CSCCC3SCCS3)OC(=O)C=C)cc2)cc1)CSCCC1SCCS1. The molecule has 0 aliphatic carbocycles. The maximum atomic E-state index is 13.4. The van der Waals surface area contributed by atoms with E-state index in [-0.39, 0.29) is 23.0 Å². The highest BCUT2D eigenvalue weighted by Crippen LogP contribution is 2.36. The number of hydrogen-bond acceptors (Lipinski definition) is 14. The third-order valence-electron chi connectivity index (χ3n) is 7.02. The summed E-state index contributed by atoms with van der Waals surface area (Å²) < 4.78 is 50.7. The minimum absolute atomic E-state index is 0.115. The molecule has 2 aromatic carbocycles. The third-order valence-corrected chi connectivity index (χ3v) is 17.4. The fourth-order valence-electron chi connectivity index (χ4n) is 4.54. The van der Waals surface area contributed by atoms with E-state index < -0.39 is 34.0 Å². The molecule has 0 aromatic heterocycles. The summed E-state index contributed by atoms with van der Waals surface area (Å²) in [6, 6.07) is 12.3. The first-order valence-electron chi connectivity index (χ1n) is 15.8. The Morgan fingerprint density at radius 2 is 1.06 bits per heavy atom. The van der Waals surface area contributed by atoms with Crippen LogP contribution in [0.1, 0.15) is 12.8 Å². The van der Waals surface area contributed by atoms with Crippen molar-refractivity contribution in [2.75, 3.05) is 59.2 Å². The molecule has 4 rings (SSSR count). The molecule has 2 atom stereocenters. The van der Waals surface area contributed by atoms with Gasteiger partial charge in [-0.15, -0.1) is 47.0 Å². The van der Waals surface area contributed by atoms with Crippen LogP contribution in [-0.4, -0.2) is 101 Å². The van der Waals surface area contributed by atoms with E-state index in [0.717, 1.165) is 36.5 Å². The molecule has 268 valence electrons. The fraction of sp³-hybridized carbons (Fsp3) is 0.471. The molecule has 0 amide bonds. The molecule has 0 spiro atoms. The molecule has 2 unspecified atom stereocenters. The number of rotatable bonds is 22. The zero-order chi connectivity index (χ0) is 34.9. The zero-order valence-corrected chi connectivity index (χ0v) is 32.8. The van der Waals surface area contributed by atoms with Gasteiger partial charge in [0.1, 0.15) is 36.9 Å². The van der Waals surface area contributed by atoms with Crippen molar-refractivity contribution in [3.05, 3.63) is 73.8 Å². The van der Waals surface area contributed by atoms with Gasteiger partial charge in [0.2, 0.25) is 9.84 Å². The fourth-order valence-corrected chi connectivity index (χ4v) is 14.0. The second kappa shape index (κ2) is 21.8. The first-order valence-corrected chi connectivity index (χ1v) is 23.7. The van der Waals surface area contributed by atoms with Crippen LogP contribution in [0.15, 0.2) is 83.6 Å². The number of carbonyl (C=O) groups is 2. The molecular formula is C34H42O8S7. The van der Waals surface area contributed by atoms with Crippen LogP contribution in [0.5, 0.6) is 11.5 Å².